The number of piperidine rings is 1. The first kappa shape index (κ1) is 9.03. The molecule has 0 radical (unpaired) electrons. The van der Waals surface area contributed by atoms with Crippen LogP contribution in [0.3, 0.4) is 0 Å². The summed E-state index contributed by atoms with van der Waals surface area (Å²) in [5.74, 6) is 0.0299. The van der Waals surface area contributed by atoms with Crippen LogP contribution in [0.5, 0.6) is 0 Å². The van der Waals surface area contributed by atoms with Gasteiger partial charge in [-0.05, 0) is 12.3 Å². The fourth-order valence-corrected chi connectivity index (χ4v) is 2.45. The Morgan fingerprint density at radius 2 is 2.46 bits per heavy atom. The van der Waals surface area contributed by atoms with Gasteiger partial charge in [-0.1, -0.05) is 12.2 Å². The van der Waals surface area contributed by atoms with Crippen LogP contribution in [-0.2, 0) is 9.53 Å². The third kappa shape index (κ3) is 1.27. The Morgan fingerprint density at radius 3 is 2.85 bits per heavy atom. The predicted octanol–water partition coefficient (Wildman–Crippen LogP) is 0.685. The highest BCUT2D eigenvalue weighted by atomic mass is 35.5. The monoisotopic (exact) mass is 201 g/mol. The molecule has 4 heteroatoms. The van der Waals surface area contributed by atoms with E-state index < -0.39 is 4.87 Å². The van der Waals surface area contributed by atoms with Crippen molar-refractivity contribution in [2.75, 3.05) is 13.7 Å². The maximum atomic E-state index is 11.5. The number of methoxy groups -OCH3 is 1. The topological polar surface area (TPSA) is 38.3 Å². The molecule has 0 unspecified atom stereocenters. The second-order valence-electron chi connectivity index (χ2n) is 3.59. The molecule has 0 aromatic heterocycles. The number of halogens is 1. The Kier molecular flexibility index (Phi) is 2.08. The van der Waals surface area contributed by atoms with Crippen molar-refractivity contribution in [2.45, 2.75) is 17.3 Å². The lowest BCUT2D eigenvalue weighted by atomic mass is 9.78. The van der Waals surface area contributed by atoms with E-state index in [1.165, 1.54) is 7.11 Å². The molecule has 13 heavy (non-hydrogen) atoms. The van der Waals surface area contributed by atoms with Crippen LogP contribution < -0.4 is 5.32 Å². The van der Waals surface area contributed by atoms with Crippen molar-refractivity contribution >= 4 is 17.6 Å². The fraction of sp³-hybridized carbons (Fsp3) is 0.667. The van der Waals surface area contributed by atoms with E-state index in [0.717, 1.165) is 6.54 Å². The zero-order valence-electron chi connectivity index (χ0n) is 7.42. The van der Waals surface area contributed by atoms with Gasteiger partial charge in [-0.15, -0.1) is 11.6 Å². The van der Waals surface area contributed by atoms with E-state index in [4.69, 9.17) is 16.3 Å². The minimum atomic E-state index is -0.883. The molecule has 2 heterocycles. The molecule has 3 aliphatic rings. The number of hydrogen-bond donors (Lipinski definition) is 1. The Balaban J connectivity index is 2.25. The molecule has 2 bridgehead atoms. The summed E-state index contributed by atoms with van der Waals surface area (Å²) >= 11 is 6.23. The molecule has 1 saturated heterocycles. The highest BCUT2D eigenvalue weighted by Crippen LogP contribution is 2.38. The van der Waals surface area contributed by atoms with E-state index in [1.807, 2.05) is 6.08 Å². The molecule has 72 valence electrons. The third-order valence-corrected chi connectivity index (χ3v) is 3.30. The second kappa shape index (κ2) is 3.00. The van der Waals surface area contributed by atoms with Gasteiger partial charge in [-0.3, -0.25) is 4.79 Å². The Bertz CT molecular complexity index is 266. The van der Waals surface area contributed by atoms with Crippen molar-refractivity contribution in [1.29, 1.82) is 0 Å². The first-order chi connectivity index (χ1) is 6.16. The largest absolute Gasteiger partial charge is 0.468 e. The molecular weight excluding hydrogens is 190 g/mol. The van der Waals surface area contributed by atoms with Gasteiger partial charge in [-0.2, -0.15) is 0 Å². The van der Waals surface area contributed by atoms with Gasteiger partial charge in [0.25, 0.3) is 0 Å². The maximum Gasteiger partial charge on any atom is 0.328 e. The molecule has 0 amide bonds. The number of hydrogen-bond acceptors (Lipinski definition) is 3. The normalized spacial score (nSPS) is 42.0. The summed E-state index contributed by atoms with van der Waals surface area (Å²) in [5.41, 5.74) is 0. The molecule has 0 aromatic carbocycles. The summed E-state index contributed by atoms with van der Waals surface area (Å²) in [7, 11) is 1.37. The number of carbonyl (C=O) groups excluding carboxylic acids is 1. The van der Waals surface area contributed by atoms with Gasteiger partial charge < -0.3 is 10.1 Å². The van der Waals surface area contributed by atoms with Gasteiger partial charge in [0.1, 0.15) is 0 Å². The standard InChI is InChI=1S/C9H12ClNO2/c1-13-8(12)9(10)4-6-2-3-7(9)11-5-6/h2-3,6-7,11H,4-5H2,1H3/t6-,7+,9-/m0/s1. The minimum Gasteiger partial charge on any atom is -0.468 e. The van der Waals surface area contributed by atoms with E-state index in [9.17, 15) is 4.79 Å². The SMILES string of the molecule is COC(=O)[C@]1(Cl)C[C@@H]2C=C[C@H]1NC2. The highest BCUT2D eigenvalue weighted by molar-refractivity contribution is 6.35. The van der Waals surface area contributed by atoms with E-state index >= 15 is 0 Å². The molecule has 3 rings (SSSR count). The lowest BCUT2D eigenvalue weighted by Gasteiger charge is -2.42. The molecule has 3 atom stereocenters. The van der Waals surface area contributed by atoms with Crippen molar-refractivity contribution in [3.63, 3.8) is 0 Å². The molecule has 2 aliphatic heterocycles. The number of rotatable bonds is 1. The van der Waals surface area contributed by atoms with Gasteiger partial charge in [0.05, 0.1) is 13.2 Å². The van der Waals surface area contributed by atoms with E-state index in [1.54, 1.807) is 0 Å². The van der Waals surface area contributed by atoms with Crippen molar-refractivity contribution < 1.29 is 9.53 Å². The number of fused-ring (bicyclic) bond motifs is 2. The number of alkyl halides is 1. The summed E-state index contributed by atoms with van der Waals surface area (Å²) in [6.45, 7) is 0.909. The Labute approximate surface area is 82.1 Å². The van der Waals surface area contributed by atoms with E-state index in [2.05, 4.69) is 11.4 Å². The van der Waals surface area contributed by atoms with Crippen LogP contribution in [0.25, 0.3) is 0 Å². The van der Waals surface area contributed by atoms with Gasteiger partial charge in [0, 0.05) is 6.54 Å². The predicted molar refractivity (Wildman–Crippen MR) is 49.6 cm³/mol. The molecule has 1 aliphatic carbocycles. The second-order valence-corrected chi connectivity index (χ2v) is 4.26. The Hall–Kier alpha value is -0.540. The lowest BCUT2D eigenvalue weighted by Crippen LogP contribution is -2.60. The van der Waals surface area contributed by atoms with Crippen molar-refractivity contribution in [3.8, 4) is 0 Å². The lowest BCUT2D eigenvalue weighted by molar-refractivity contribution is -0.145. The van der Waals surface area contributed by atoms with E-state index in [0.29, 0.717) is 12.3 Å². The fourth-order valence-electron chi connectivity index (χ4n) is 2.03. The van der Waals surface area contributed by atoms with Crippen LogP contribution in [0.15, 0.2) is 12.2 Å². The third-order valence-electron chi connectivity index (χ3n) is 2.75. The highest BCUT2D eigenvalue weighted by Gasteiger charge is 2.50. The molecule has 3 nitrogen and oxygen atoms in total. The first-order valence-electron chi connectivity index (χ1n) is 4.36. The number of nitrogens with one attached hydrogen (secondary N) is 1. The summed E-state index contributed by atoms with van der Waals surface area (Å²) in [5, 5.41) is 3.20. The van der Waals surface area contributed by atoms with Crippen LogP contribution in [-0.4, -0.2) is 30.5 Å². The average Bonchev–Trinajstić information content (AvgIpc) is 2.18. The van der Waals surface area contributed by atoms with Crippen molar-refractivity contribution in [3.05, 3.63) is 12.2 Å². The van der Waals surface area contributed by atoms with Crippen LogP contribution in [0.1, 0.15) is 6.42 Å². The maximum absolute atomic E-state index is 11.5. The van der Waals surface area contributed by atoms with Crippen LogP contribution in [0.4, 0.5) is 0 Å². The summed E-state index contributed by atoms with van der Waals surface area (Å²) in [6.07, 6.45) is 4.75. The van der Waals surface area contributed by atoms with Crippen molar-refractivity contribution in [1.82, 2.24) is 5.32 Å². The molecule has 0 saturated carbocycles. The minimum absolute atomic E-state index is 0.0772. The van der Waals surface area contributed by atoms with Gasteiger partial charge >= 0.3 is 5.97 Å². The van der Waals surface area contributed by atoms with Gasteiger partial charge in [0.15, 0.2) is 4.87 Å². The smallest absolute Gasteiger partial charge is 0.328 e. The number of ether oxygens (including phenoxy) is 1. The van der Waals surface area contributed by atoms with Gasteiger partial charge in [-0.25, -0.2) is 0 Å². The zero-order chi connectivity index (χ0) is 9.47. The number of esters is 1. The molecule has 1 N–H and O–H groups in total. The summed E-state index contributed by atoms with van der Waals surface area (Å²) in [4.78, 5) is 10.6. The van der Waals surface area contributed by atoms with Crippen LogP contribution >= 0.6 is 11.6 Å². The molecule has 0 spiro atoms. The van der Waals surface area contributed by atoms with Crippen LogP contribution in [0.2, 0.25) is 0 Å². The zero-order valence-corrected chi connectivity index (χ0v) is 8.17. The van der Waals surface area contributed by atoms with Crippen molar-refractivity contribution in [2.24, 2.45) is 5.92 Å². The molecular formula is C9H12ClNO2. The summed E-state index contributed by atoms with van der Waals surface area (Å²) in [6, 6.07) is -0.0772. The van der Waals surface area contributed by atoms with Crippen LogP contribution in [0, 0.1) is 5.92 Å². The molecule has 0 aromatic rings. The first-order valence-corrected chi connectivity index (χ1v) is 4.73. The average molecular weight is 202 g/mol. The number of carbonyl (C=O) groups is 1. The molecule has 1 fully saturated rings. The van der Waals surface area contributed by atoms with Gasteiger partial charge in [0.2, 0.25) is 0 Å². The summed E-state index contributed by atoms with van der Waals surface area (Å²) < 4.78 is 4.70. The Morgan fingerprint density at radius 1 is 1.69 bits per heavy atom. The quantitative estimate of drug-likeness (QED) is 0.385. The van der Waals surface area contributed by atoms with E-state index in [-0.39, 0.29) is 12.0 Å².